The van der Waals surface area contributed by atoms with Gasteiger partial charge in [-0.1, -0.05) is 0 Å². The fraction of sp³-hybridized carbons (Fsp3) is 1.00. The van der Waals surface area contributed by atoms with Gasteiger partial charge in [-0.3, -0.25) is 0 Å². The summed E-state index contributed by atoms with van der Waals surface area (Å²) in [5, 5.41) is 0. The number of hydrogen-bond donors (Lipinski definition) is 1. The van der Waals surface area contributed by atoms with E-state index >= 15 is 0 Å². The van der Waals surface area contributed by atoms with Crippen LogP contribution in [-0.4, -0.2) is 18.8 Å². The molecule has 0 aliphatic carbocycles. The summed E-state index contributed by atoms with van der Waals surface area (Å²) in [7, 11) is 0. The molecule has 1 aliphatic heterocycles. The van der Waals surface area contributed by atoms with E-state index in [-0.39, 0.29) is 0 Å². The lowest BCUT2D eigenvalue weighted by atomic mass is 10.1. The lowest BCUT2D eigenvalue weighted by Crippen LogP contribution is -2.34. The maximum absolute atomic E-state index is 5.57. The van der Waals surface area contributed by atoms with E-state index in [1.807, 2.05) is 0 Å². The molecule has 1 fully saturated rings. The van der Waals surface area contributed by atoms with Gasteiger partial charge in [-0.05, 0) is 19.8 Å². The Morgan fingerprint density at radius 1 is 1.50 bits per heavy atom. The molecule has 48 valence electrons. The first kappa shape index (κ1) is 6.05. The maximum atomic E-state index is 5.57. The number of rotatable bonds is 0. The van der Waals surface area contributed by atoms with Crippen LogP contribution < -0.4 is 5.73 Å². The van der Waals surface area contributed by atoms with Crippen LogP contribution in [-0.2, 0) is 4.74 Å². The maximum Gasteiger partial charge on any atom is 0.0621 e. The van der Waals surface area contributed by atoms with Crippen molar-refractivity contribution < 1.29 is 4.74 Å². The van der Waals surface area contributed by atoms with E-state index in [1.165, 1.54) is 0 Å². The Kier molecular flexibility index (Phi) is 1.86. The molecule has 0 aromatic carbocycles. The van der Waals surface area contributed by atoms with E-state index in [0.717, 1.165) is 19.4 Å². The molecule has 2 nitrogen and oxygen atoms in total. The van der Waals surface area contributed by atoms with Gasteiger partial charge in [0.1, 0.15) is 0 Å². The molecule has 0 aromatic heterocycles. The van der Waals surface area contributed by atoms with Crippen molar-refractivity contribution in [1.82, 2.24) is 0 Å². The van der Waals surface area contributed by atoms with E-state index in [2.05, 4.69) is 6.92 Å². The molecule has 0 radical (unpaired) electrons. The fourth-order valence-corrected chi connectivity index (χ4v) is 0.903. The van der Waals surface area contributed by atoms with Gasteiger partial charge in [0.25, 0.3) is 0 Å². The minimum absolute atomic E-state index is 0.297. The molecule has 1 saturated heterocycles. The molecule has 1 rings (SSSR count). The highest BCUT2D eigenvalue weighted by atomic mass is 16.5. The molecule has 0 aromatic rings. The molecule has 1 unspecified atom stereocenters. The molecule has 2 heteroatoms. The Morgan fingerprint density at radius 3 is 2.62 bits per heavy atom. The summed E-state index contributed by atoms with van der Waals surface area (Å²) in [4.78, 5) is 0. The van der Waals surface area contributed by atoms with Gasteiger partial charge in [0.2, 0.25) is 0 Å². The minimum atomic E-state index is 0.297. The lowest BCUT2D eigenvalue weighted by molar-refractivity contribution is 0.0172. The van der Waals surface area contributed by atoms with Crippen molar-refractivity contribution in [2.75, 3.05) is 6.61 Å². The van der Waals surface area contributed by atoms with Gasteiger partial charge in [-0.25, -0.2) is 0 Å². The Bertz CT molecular complexity index is 56.9. The van der Waals surface area contributed by atoms with E-state index in [0.29, 0.717) is 12.1 Å². The first-order valence-electron chi connectivity index (χ1n) is 3.16. The monoisotopic (exact) mass is 115 g/mol. The second-order valence-corrected chi connectivity index (χ2v) is 2.48. The summed E-state index contributed by atoms with van der Waals surface area (Å²) >= 11 is 0. The van der Waals surface area contributed by atoms with E-state index in [4.69, 9.17) is 10.5 Å². The van der Waals surface area contributed by atoms with Crippen molar-refractivity contribution in [3.8, 4) is 0 Å². The lowest BCUT2D eigenvalue weighted by Gasteiger charge is -2.23. The van der Waals surface area contributed by atoms with Crippen LogP contribution >= 0.6 is 0 Å². The van der Waals surface area contributed by atoms with Gasteiger partial charge in [-0.2, -0.15) is 0 Å². The van der Waals surface area contributed by atoms with E-state index in [1.54, 1.807) is 0 Å². The highest BCUT2D eigenvalue weighted by molar-refractivity contribution is 4.68. The highest BCUT2D eigenvalue weighted by Gasteiger charge is 2.13. The number of ether oxygens (including phenoxy) is 1. The SMILES string of the molecule is CC1CC[C@H](N)CO1. The van der Waals surface area contributed by atoms with Crippen molar-refractivity contribution in [3.63, 3.8) is 0 Å². The molecule has 0 spiro atoms. The van der Waals surface area contributed by atoms with Crippen LogP contribution in [0.25, 0.3) is 0 Å². The molecular weight excluding hydrogens is 102 g/mol. The molecule has 1 aliphatic rings. The van der Waals surface area contributed by atoms with Gasteiger partial charge in [0.15, 0.2) is 0 Å². The Balaban J connectivity index is 2.19. The third kappa shape index (κ3) is 1.46. The number of nitrogens with two attached hydrogens (primary N) is 1. The summed E-state index contributed by atoms with van der Waals surface area (Å²) in [5.41, 5.74) is 5.57. The molecule has 8 heavy (non-hydrogen) atoms. The summed E-state index contributed by atoms with van der Waals surface area (Å²) in [6.45, 7) is 2.84. The molecule has 1 heterocycles. The Hall–Kier alpha value is -0.0800. The summed E-state index contributed by atoms with van der Waals surface area (Å²) in [6.07, 6.45) is 2.69. The summed E-state index contributed by atoms with van der Waals surface area (Å²) < 4.78 is 5.27. The van der Waals surface area contributed by atoms with Crippen LogP contribution in [0.1, 0.15) is 19.8 Å². The van der Waals surface area contributed by atoms with Crippen LogP contribution in [0.5, 0.6) is 0 Å². The van der Waals surface area contributed by atoms with Gasteiger partial charge >= 0.3 is 0 Å². The van der Waals surface area contributed by atoms with Gasteiger partial charge < -0.3 is 10.5 Å². The van der Waals surface area contributed by atoms with Crippen LogP contribution in [0.2, 0.25) is 0 Å². The summed E-state index contributed by atoms with van der Waals surface area (Å²) in [6, 6.07) is 0.297. The van der Waals surface area contributed by atoms with Crippen LogP contribution in [0.3, 0.4) is 0 Å². The van der Waals surface area contributed by atoms with E-state index in [9.17, 15) is 0 Å². The molecule has 0 amide bonds. The second-order valence-electron chi connectivity index (χ2n) is 2.48. The zero-order chi connectivity index (χ0) is 5.98. The van der Waals surface area contributed by atoms with Crippen molar-refractivity contribution in [2.45, 2.75) is 31.9 Å². The largest absolute Gasteiger partial charge is 0.377 e. The standard InChI is InChI=1S/C6H13NO/c1-5-2-3-6(7)4-8-5/h5-6H,2-4,7H2,1H3/t5?,6-/m0/s1. The average molecular weight is 115 g/mol. The van der Waals surface area contributed by atoms with Crippen molar-refractivity contribution in [1.29, 1.82) is 0 Å². The average Bonchev–Trinajstić information content (AvgIpc) is 1.77. The normalized spacial score (nSPS) is 39.8. The molecule has 2 atom stereocenters. The predicted octanol–water partition coefficient (Wildman–Crippen LogP) is 0.513. The van der Waals surface area contributed by atoms with Crippen LogP contribution in [0.4, 0.5) is 0 Å². The molecular formula is C6H13NO. The van der Waals surface area contributed by atoms with Gasteiger partial charge in [-0.15, -0.1) is 0 Å². The Morgan fingerprint density at radius 2 is 2.25 bits per heavy atom. The summed E-state index contributed by atoms with van der Waals surface area (Å²) in [5.74, 6) is 0. The van der Waals surface area contributed by atoms with Crippen LogP contribution in [0, 0.1) is 0 Å². The fourth-order valence-electron chi connectivity index (χ4n) is 0.903. The Labute approximate surface area is 50.0 Å². The van der Waals surface area contributed by atoms with E-state index < -0.39 is 0 Å². The number of hydrogen-bond acceptors (Lipinski definition) is 2. The predicted molar refractivity (Wildman–Crippen MR) is 32.6 cm³/mol. The third-order valence-electron chi connectivity index (χ3n) is 1.54. The van der Waals surface area contributed by atoms with Crippen molar-refractivity contribution in [3.05, 3.63) is 0 Å². The first-order chi connectivity index (χ1) is 3.79. The van der Waals surface area contributed by atoms with Gasteiger partial charge in [0, 0.05) is 6.04 Å². The van der Waals surface area contributed by atoms with Gasteiger partial charge in [0.05, 0.1) is 12.7 Å². The molecule has 0 saturated carbocycles. The molecule has 0 bridgehead atoms. The zero-order valence-electron chi connectivity index (χ0n) is 5.26. The highest BCUT2D eigenvalue weighted by Crippen LogP contribution is 2.10. The first-order valence-corrected chi connectivity index (χ1v) is 3.16. The van der Waals surface area contributed by atoms with Crippen LogP contribution in [0.15, 0.2) is 0 Å². The quantitative estimate of drug-likeness (QED) is 0.499. The molecule has 2 N–H and O–H groups in total. The van der Waals surface area contributed by atoms with Crippen molar-refractivity contribution >= 4 is 0 Å². The van der Waals surface area contributed by atoms with Crippen molar-refractivity contribution in [2.24, 2.45) is 5.73 Å². The topological polar surface area (TPSA) is 35.2 Å². The zero-order valence-corrected chi connectivity index (χ0v) is 5.26. The minimum Gasteiger partial charge on any atom is -0.377 e. The smallest absolute Gasteiger partial charge is 0.0621 e. The second kappa shape index (κ2) is 2.46. The third-order valence-corrected chi connectivity index (χ3v) is 1.54.